The zero-order valence-corrected chi connectivity index (χ0v) is 14.1. The van der Waals surface area contributed by atoms with Crippen LogP contribution in [0.5, 0.6) is 0 Å². The lowest BCUT2D eigenvalue weighted by Gasteiger charge is -2.40. The Bertz CT molecular complexity index is 700. The zero-order valence-electron chi connectivity index (χ0n) is 13.2. The van der Waals surface area contributed by atoms with E-state index in [9.17, 15) is 13.2 Å². The summed E-state index contributed by atoms with van der Waals surface area (Å²) in [6.45, 7) is 3.57. The van der Waals surface area contributed by atoms with Crippen molar-refractivity contribution >= 4 is 15.9 Å². The highest BCUT2D eigenvalue weighted by atomic mass is 32.2. The molecule has 0 aliphatic carbocycles. The molecule has 7 nitrogen and oxygen atoms in total. The third-order valence-electron chi connectivity index (χ3n) is 4.86. The number of aromatic nitrogens is 1. The van der Waals surface area contributed by atoms with Gasteiger partial charge < -0.3 is 9.80 Å². The summed E-state index contributed by atoms with van der Waals surface area (Å²) in [5.41, 5.74) is 0.462. The third kappa shape index (κ3) is 3.39. The highest BCUT2D eigenvalue weighted by Crippen LogP contribution is 2.38. The third-order valence-corrected chi connectivity index (χ3v) is 5.76. The number of primary sulfonamides is 1. The fraction of sp³-hybridized carbons (Fsp3) is 0.600. The predicted octanol–water partition coefficient (Wildman–Crippen LogP) is 0.287. The van der Waals surface area contributed by atoms with E-state index < -0.39 is 10.0 Å². The van der Waals surface area contributed by atoms with Gasteiger partial charge in [-0.25, -0.2) is 18.5 Å². The summed E-state index contributed by atoms with van der Waals surface area (Å²) in [6.07, 6.45) is 4.41. The molecule has 1 spiro atoms. The second-order valence-corrected chi connectivity index (χ2v) is 8.30. The second kappa shape index (κ2) is 5.85. The number of likely N-dealkylation sites (tertiary alicyclic amines) is 2. The van der Waals surface area contributed by atoms with Crippen LogP contribution in [-0.2, 0) is 10.0 Å². The monoisotopic (exact) mass is 338 g/mol. The summed E-state index contributed by atoms with van der Waals surface area (Å²) in [7, 11) is -1.67. The molecule has 0 saturated carbocycles. The van der Waals surface area contributed by atoms with E-state index in [1.807, 2.05) is 4.90 Å². The maximum absolute atomic E-state index is 12.7. The van der Waals surface area contributed by atoms with Crippen molar-refractivity contribution in [2.45, 2.75) is 24.2 Å². The Morgan fingerprint density at radius 3 is 2.61 bits per heavy atom. The van der Waals surface area contributed by atoms with Crippen LogP contribution in [0.1, 0.15) is 29.8 Å². The van der Waals surface area contributed by atoms with Gasteiger partial charge in [0, 0.05) is 31.2 Å². The van der Waals surface area contributed by atoms with Gasteiger partial charge in [0.05, 0.1) is 0 Å². The van der Waals surface area contributed by atoms with Crippen molar-refractivity contribution in [1.29, 1.82) is 0 Å². The maximum Gasteiger partial charge on any atom is 0.272 e. The molecule has 0 radical (unpaired) electrons. The van der Waals surface area contributed by atoms with Crippen molar-refractivity contribution in [1.82, 2.24) is 14.8 Å². The van der Waals surface area contributed by atoms with Crippen LogP contribution in [0.2, 0.25) is 0 Å². The van der Waals surface area contributed by atoms with Crippen LogP contribution in [0, 0.1) is 5.41 Å². The predicted molar refractivity (Wildman–Crippen MR) is 85.3 cm³/mol. The fourth-order valence-electron chi connectivity index (χ4n) is 3.71. The van der Waals surface area contributed by atoms with Crippen molar-refractivity contribution in [2.75, 3.05) is 33.2 Å². The minimum atomic E-state index is -3.79. The average molecular weight is 338 g/mol. The molecule has 2 saturated heterocycles. The summed E-state index contributed by atoms with van der Waals surface area (Å²) in [5, 5.41) is 5.05. The van der Waals surface area contributed by atoms with E-state index in [0.717, 1.165) is 51.6 Å². The summed E-state index contributed by atoms with van der Waals surface area (Å²) < 4.78 is 22.5. The van der Waals surface area contributed by atoms with Crippen molar-refractivity contribution < 1.29 is 13.2 Å². The van der Waals surface area contributed by atoms with Crippen LogP contribution in [-0.4, -0.2) is 62.3 Å². The lowest BCUT2D eigenvalue weighted by Crippen LogP contribution is -2.47. The standard InChI is InChI=1S/C15H22N4O3S/c1-18-8-6-15(10-18)5-2-7-19(11-15)14(20)13-4-3-12(9-17-13)23(16,21)22/h3-4,9H,2,5-8,10-11H2,1H3,(H2,16,21,22). The molecule has 1 unspecified atom stereocenters. The van der Waals surface area contributed by atoms with Gasteiger partial charge in [-0.1, -0.05) is 0 Å². The molecule has 8 heteroatoms. The molecule has 1 amide bonds. The second-order valence-electron chi connectivity index (χ2n) is 6.74. The topological polar surface area (TPSA) is 96.6 Å². The van der Waals surface area contributed by atoms with Crippen LogP contribution in [0.4, 0.5) is 0 Å². The van der Waals surface area contributed by atoms with Gasteiger partial charge in [-0.05, 0) is 45.0 Å². The Labute approximate surface area is 136 Å². The van der Waals surface area contributed by atoms with Gasteiger partial charge in [0.2, 0.25) is 10.0 Å². The average Bonchev–Trinajstić information content (AvgIpc) is 2.86. The number of carbonyl (C=O) groups excluding carboxylic acids is 1. The molecule has 23 heavy (non-hydrogen) atoms. The largest absolute Gasteiger partial charge is 0.337 e. The molecule has 3 rings (SSSR count). The Morgan fingerprint density at radius 1 is 1.26 bits per heavy atom. The van der Waals surface area contributed by atoms with Gasteiger partial charge in [-0.3, -0.25) is 4.79 Å². The van der Waals surface area contributed by atoms with Crippen molar-refractivity contribution in [2.24, 2.45) is 10.6 Å². The number of rotatable bonds is 2. The molecule has 2 aliphatic heterocycles. The van der Waals surface area contributed by atoms with Crippen LogP contribution in [0.3, 0.4) is 0 Å². The lowest BCUT2D eigenvalue weighted by molar-refractivity contribution is 0.0529. The first-order valence-corrected chi connectivity index (χ1v) is 9.30. The number of hydrogen-bond acceptors (Lipinski definition) is 5. The van der Waals surface area contributed by atoms with Crippen LogP contribution >= 0.6 is 0 Å². The molecule has 126 valence electrons. The molecular formula is C15H22N4O3S. The molecule has 2 N–H and O–H groups in total. The SMILES string of the molecule is CN1CCC2(CCCN(C(=O)c3ccc(S(N)(=O)=O)cn3)C2)C1. The number of sulfonamides is 1. The fourth-order valence-corrected chi connectivity index (χ4v) is 4.17. The maximum atomic E-state index is 12.7. The first-order valence-electron chi connectivity index (χ1n) is 7.76. The van der Waals surface area contributed by atoms with Crippen molar-refractivity contribution in [3.05, 3.63) is 24.0 Å². The molecule has 1 atom stereocenters. The number of hydrogen-bond donors (Lipinski definition) is 1. The molecule has 0 aromatic carbocycles. The van der Waals surface area contributed by atoms with E-state index in [1.54, 1.807) is 0 Å². The Balaban J connectivity index is 1.75. The molecule has 2 aliphatic rings. The molecule has 3 heterocycles. The van der Waals surface area contributed by atoms with Gasteiger partial charge in [0.25, 0.3) is 5.91 Å². The zero-order chi connectivity index (χ0) is 16.7. The van der Waals surface area contributed by atoms with E-state index in [1.165, 1.54) is 12.1 Å². The normalized spacial score (nSPS) is 25.9. The smallest absolute Gasteiger partial charge is 0.272 e. The first kappa shape index (κ1) is 16.4. The quantitative estimate of drug-likeness (QED) is 0.836. The van der Waals surface area contributed by atoms with Crippen LogP contribution < -0.4 is 5.14 Å². The molecule has 0 bridgehead atoms. The summed E-state index contributed by atoms with van der Waals surface area (Å²) in [4.78, 5) is 20.7. The molecule has 2 fully saturated rings. The lowest BCUT2D eigenvalue weighted by atomic mass is 9.79. The molecule has 1 aromatic heterocycles. The van der Waals surface area contributed by atoms with E-state index in [-0.39, 0.29) is 21.9 Å². The van der Waals surface area contributed by atoms with Gasteiger partial charge >= 0.3 is 0 Å². The first-order chi connectivity index (χ1) is 10.8. The van der Waals surface area contributed by atoms with Crippen LogP contribution in [0.25, 0.3) is 0 Å². The summed E-state index contributed by atoms with van der Waals surface area (Å²) in [6, 6.07) is 2.77. The van der Waals surface area contributed by atoms with Gasteiger partial charge in [-0.2, -0.15) is 0 Å². The number of nitrogens with two attached hydrogens (primary N) is 1. The minimum absolute atomic E-state index is 0.0819. The highest BCUT2D eigenvalue weighted by Gasteiger charge is 2.41. The van der Waals surface area contributed by atoms with Gasteiger partial charge in [0.15, 0.2) is 0 Å². The van der Waals surface area contributed by atoms with Crippen molar-refractivity contribution in [3.8, 4) is 0 Å². The Morgan fingerprint density at radius 2 is 2.04 bits per heavy atom. The number of amides is 1. The molecular weight excluding hydrogens is 316 g/mol. The van der Waals surface area contributed by atoms with Crippen molar-refractivity contribution in [3.63, 3.8) is 0 Å². The Kier molecular flexibility index (Phi) is 4.16. The number of piperidine rings is 1. The number of carbonyl (C=O) groups is 1. The Hall–Kier alpha value is -1.51. The number of pyridine rings is 1. The van der Waals surface area contributed by atoms with Crippen LogP contribution in [0.15, 0.2) is 23.2 Å². The summed E-state index contributed by atoms with van der Waals surface area (Å²) in [5.74, 6) is -0.139. The van der Waals surface area contributed by atoms with E-state index in [0.29, 0.717) is 0 Å². The van der Waals surface area contributed by atoms with Gasteiger partial charge in [0.1, 0.15) is 10.6 Å². The highest BCUT2D eigenvalue weighted by molar-refractivity contribution is 7.89. The summed E-state index contributed by atoms with van der Waals surface area (Å²) >= 11 is 0. The van der Waals surface area contributed by atoms with E-state index in [4.69, 9.17) is 5.14 Å². The molecule has 1 aromatic rings. The number of nitrogens with zero attached hydrogens (tertiary/aromatic N) is 3. The van der Waals surface area contributed by atoms with E-state index >= 15 is 0 Å². The van der Waals surface area contributed by atoms with E-state index in [2.05, 4.69) is 16.9 Å². The van der Waals surface area contributed by atoms with Gasteiger partial charge in [-0.15, -0.1) is 0 Å². The minimum Gasteiger partial charge on any atom is -0.337 e.